The molecule has 0 atom stereocenters. The number of aryl methyl sites for hydroxylation is 1. The molecule has 6 nitrogen and oxygen atoms in total. The maximum atomic E-state index is 11.9. The number of hydrogen-bond acceptors (Lipinski definition) is 4. The first-order valence-electron chi connectivity index (χ1n) is 7.03. The van der Waals surface area contributed by atoms with E-state index in [-0.39, 0.29) is 17.9 Å². The molecule has 1 aromatic heterocycles. The van der Waals surface area contributed by atoms with E-state index < -0.39 is 0 Å². The van der Waals surface area contributed by atoms with E-state index in [2.05, 4.69) is 10.4 Å². The van der Waals surface area contributed by atoms with Crippen molar-refractivity contribution in [3.05, 3.63) is 58.0 Å². The van der Waals surface area contributed by atoms with Gasteiger partial charge in [0.05, 0.1) is 25.8 Å². The van der Waals surface area contributed by atoms with E-state index in [4.69, 9.17) is 4.74 Å². The number of aromatic nitrogens is 2. The number of nitrogens with zero attached hydrogens (tertiary/aromatic N) is 2. The molecule has 22 heavy (non-hydrogen) atoms. The van der Waals surface area contributed by atoms with Gasteiger partial charge in [-0.15, -0.1) is 0 Å². The van der Waals surface area contributed by atoms with E-state index in [0.717, 1.165) is 11.3 Å². The third-order valence-electron chi connectivity index (χ3n) is 3.19. The topological polar surface area (TPSA) is 73.2 Å². The monoisotopic (exact) mass is 301 g/mol. The van der Waals surface area contributed by atoms with Gasteiger partial charge in [-0.2, -0.15) is 5.10 Å². The van der Waals surface area contributed by atoms with Crippen LogP contribution in [0.2, 0.25) is 0 Å². The van der Waals surface area contributed by atoms with Crippen molar-refractivity contribution in [1.29, 1.82) is 0 Å². The van der Waals surface area contributed by atoms with Crippen LogP contribution in [-0.2, 0) is 17.8 Å². The average molecular weight is 301 g/mol. The number of rotatable bonds is 6. The van der Waals surface area contributed by atoms with Crippen LogP contribution in [0.1, 0.15) is 11.3 Å². The standard InChI is InChI=1S/C16H19N3O3/c1-12-7-8-16(21)19(18-12)10-9-17-15(20)11-13-5-3-4-6-14(13)22-2/h3-8H,9-11H2,1-2H3,(H,17,20). The molecule has 0 radical (unpaired) electrons. The molecular formula is C16H19N3O3. The zero-order valence-electron chi connectivity index (χ0n) is 12.7. The molecule has 116 valence electrons. The van der Waals surface area contributed by atoms with Gasteiger partial charge >= 0.3 is 0 Å². The SMILES string of the molecule is COc1ccccc1CC(=O)NCCn1nc(C)ccc1=O. The summed E-state index contributed by atoms with van der Waals surface area (Å²) < 4.78 is 6.56. The Labute approximate surface area is 128 Å². The molecule has 0 aliphatic heterocycles. The lowest BCUT2D eigenvalue weighted by molar-refractivity contribution is -0.120. The van der Waals surface area contributed by atoms with Crippen molar-refractivity contribution in [3.8, 4) is 5.75 Å². The summed E-state index contributed by atoms with van der Waals surface area (Å²) in [5.74, 6) is 0.569. The van der Waals surface area contributed by atoms with Gasteiger partial charge in [0.1, 0.15) is 5.75 Å². The zero-order valence-corrected chi connectivity index (χ0v) is 12.7. The van der Waals surface area contributed by atoms with Crippen LogP contribution in [0, 0.1) is 6.92 Å². The van der Waals surface area contributed by atoms with Gasteiger partial charge in [0.2, 0.25) is 5.91 Å². The molecule has 0 spiro atoms. The largest absolute Gasteiger partial charge is 0.496 e. The summed E-state index contributed by atoms with van der Waals surface area (Å²) in [6, 6.07) is 10.5. The number of para-hydroxylation sites is 1. The second kappa shape index (κ2) is 7.40. The number of benzene rings is 1. The van der Waals surface area contributed by atoms with Gasteiger partial charge in [-0.25, -0.2) is 4.68 Å². The van der Waals surface area contributed by atoms with E-state index in [1.807, 2.05) is 31.2 Å². The fraction of sp³-hybridized carbons (Fsp3) is 0.312. The number of carbonyl (C=O) groups is 1. The highest BCUT2D eigenvalue weighted by Gasteiger charge is 2.08. The minimum Gasteiger partial charge on any atom is -0.496 e. The molecule has 2 rings (SSSR count). The highest BCUT2D eigenvalue weighted by Crippen LogP contribution is 2.17. The van der Waals surface area contributed by atoms with Gasteiger partial charge in [0.15, 0.2) is 0 Å². The molecule has 0 aliphatic carbocycles. The molecule has 0 saturated heterocycles. The average Bonchev–Trinajstić information content (AvgIpc) is 2.51. The van der Waals surface area contributed by atoms with Gasteiger partial charge in [0.25, 0.3) is 5.56 Å². The van der Waals surface area contributed by atoms with Gasteiger partial charge < -0.3 is 10.1 Å². The lowest BCUT2D eigenvalue weighted by atomic mass is 10.1. The van der Waals surface area contributed by atoms with Crippen LogP contribution in [0.25, 0.3) is 0 Å². The summed E-state index contributed by atoms with van der Waals surface area (Å²) in [6.45, 7) is 2.51. The van der Waals surface area contributed by atoms with Crippen LogP contribution < -0.4 is 15.6 Å². The third kappa shape index (κ3) is 4.18. The first-order valence-corrected chi connectivity index (χ1v) is 7.03. The summed E-state index contributed by atoms with van der Waals surface area (Å²) in [4.78, 5) is 23.5. The van der Waals surface area contributed by atoms with E-state index in [1.54, 1.807) is 13.2 Å². The first kappa shape index (κ1) is 15.8. The van der Waals surface area contributed by atoms with E-state index in [9.17, 15) is 9.59 Å². The Balaban J connectivity index is 1.88. The molecule has 0 saturated carbocycles. The minimum absolute atomic E-state index is 0.120. The van der Waals surface area contributed by atoms with Crippen molar-refractivity contribution in [1.82, 2.24) is 15.1 Å². The zero-order chi connectivity index (χ0) is 15.9. The Morgan fingerprint density at radius 3 is 2.82 bits per heavy atom. The summed E-state index contributed by atoms with van der Waals surface area (Å²) in [5.41, 5.74) is 1.41. The third-order valence-corrected chi connectivity index (χ3v) is 3.19. The highest BCUT2D eigenvalue weighted by molar-refractivity contribution is 5.79. The Morgan fingerprint density at radius 2 is 2.05 bits per heavy atom. The number of methoxy groups -OCH3 is 1. The number of hydrogen-bond donors (Lipinski definition) is 1. The van der Waals surface area contributed by atoms with E-state index in [0.29, 0.717) is 18.8 Å². The molecule has 6 heteroatoms. The van der Waals surface area contributed by atoms with Gasteiger partial charge in [-0.3, -0.25) is 9.59 Å². The summed E-state index contributed by atoms with van der Waals surface area (Å²) >= 11 is 0. The molecule has 1 N–H and O–H groups in total. The predicted molar refractivity (Wildman–Crippen MR) is 82.9 cm³/mol. The quantitative estimate of drug-likeness (QED) is 0.861. The first-order chi connectivity index (χ1) is 10.6. The molecule has 1 aromatic carbocycles. The molecule has 0 fully saturated rings. The molecule has 0 aliphatic rings. The van der Waals surface area contributed by atoms with E-state index >= 15 is 0 Å². The van der Waals surface area contributed by atoms with Gasteiger partial charge in [-0.1, -0.05) is 18.2 Å². The van der Waals surface area contributed by atoms with E-state index in [1.165, 1.54) is 10.7 Å². The van der Waals surface area contributed by atoms with Crippen LogP contribution >= 0.6 is 0 Å². The summed E-state index contributed by atoms with van der Waals surface area (Å²) in [5, 5.41) is 6.90. The van der Waals surface area contributed by atoms with Crippen molar-refractivity contribution in [2.24, 2.45) is 0 Å². The molecule has 0 unspecified atom stereocenters. The Kier molecular flexibility index (Phi) is 5.30. The molecule has 1 heterocycles. The molecule has 1 amide bonds. The molecular weight excluding hydrogens is 282 g/mol. The van der Waals surface area contributed by atoms with Crippen molar-refractivity contribution in [2.75, 3.05) is 13.7 Å². The number of ether oxygens (including phenoxy) is 1. The minimum atomic E-state index is -0.176. The number of carbonyl (C=O) groups excluding carboxylic acids is 1. The number of amides is 1. The Hall–Kier alpha value is -2.63. The lowest BCUT2D eigenvalue weighted by Gasteiger charge is -2.09. The van der Waals surface area contributed by atoms with Crippen LogP contribution in [0.4, 0.5) is 0 Å². The van der Waals surface area contributed by atoms with Crippen LogP contribution in [0.15, 0.2) is 41.2 Å². The molecule has 2 aromatic rings. The van der Waals surface area contributed by atoms with Crippen molar-refractivity contribution in [2.45, 2.75) is 19.9 Å². The second-order valence-corrected chi connectivity index (χ2v) is 4.87. The smallest absolute Gasteiger partial charge is 0.266 e. The van der Waals surface area contributed by atoms with Crippen molar-refractivity contribution >= 4 is 5.91 Å². The maximum Gasteiger partial charge on any atom is 0.266 e. The highest BCUT2D eigenvalue weighted by atomic mass is 16.5. The summed E-state index contributed by atoms with van der Waals surface area (Å²) in [6.07, 6.45) is 0.236. The number of nitrogens with one attached hydrogen (secondary N) is 1. The van der Waals surface area contributed by atoms with Crippen molar-refractivity contribution < 1.29 is 9.53 Å². The lowest BCUT2D eigenvalue weighted by Crippen LogP contribution is -2.32. The second-order valence-electron chi connectivity index (χ2n) is 4.87. The molecule has 0 bridgehead atoms. The van der Waals surface area contributed by atoms with Gasteiger partial charge in [0, 0.05) is 18.2 Å². The fourth-order valence-electron chi connectivity index (χ4n) is 2.10. The predicted octanol–water partition coefficient (Wildman–Crippen LogP) is 0.919. The van der Waals surface area contributed by atoms with Crippen LogP contribution in [0.5, 0.6) is 5.75 Å². The summed E-state index contributed by atoms with van der Waals surface area (Å²) in [7, 11) is 1.58. The normalized spacial score (nSPS) is 10.3. The van der Waals surface area contributed by atoms with Crippen LogP contribution in [-0.4, -0.2) is 29.3 Å². The Bertz CT molecular complexity index is 710. The Morgan fingerprint density at radius 1 is 1.27 bits per heavy atom. The van der Waals surface area contributed by atoms with Gasteiger partial charge in [-0.05, 0) is 19.1 Å². The maximum absolute atomic E-state index is 11.9. The van der Waals surface area contributed by atoms with Crippen LogP contribution in [0.3, 0.4) is 0 Å². The van der Waals surface area contributed by atoms with Crippen molar-refractivity contribution in [3.63, 3.8) is 0 Å². The fourth-order valence-corrected chi connectivity index (χ4v) is 2.10.